The highest BCUT2D eigenvalue weighted by Gasteiger charge is 2.19. The highest BCUT2D eigenvalue weighted by molar-refractivity contribution is 4.75. The molecule has 0 aromatic carbocycles. The second kappa shape index (κ2) is 7.24. The van der Waals surface area contributed by atoms with Gasteiger partial charge in [-0.05, 0) is 39.2 Å². The maximum Gasteiger partial charge on any atom is 0.0543 e. The van der Waals surface area contributed by atoms with E-state index in [-0.39, 0.29) is 0 Å². The molecular weight excluding hydrogens is 186 g/mol. The SMILES string of the molecule is CNC(CCC(C)OC)CC1CCCC1. The summed E-state index contributed by atoms with van der Waals surface area (Å²) < 4.78 is 5.29. The van der Waals surface area contributed by atoms with Gasteiger partial charge in [0.1, 0.15) is 0 Å². The van der Waals surface area contributed by atoms with Crippen LogP contribution in [0.1, 0.15) is 51.9 Å². The second-order valence-corrected chi connectivity index (χ2v) is 5.00. The Balaban J connectivity index is 2.16. The average Bonchev–Trinajstić information content (AvgIpc) is 2.76. The molecule has 2 nitrogen and oxygen atoms in total. The van der Waals surface area contributed by atoms with Gasteiger partial charge in [-0.2, -0.15) is 0 Å². The van der Waals surface area contributed by atoms with Gasteiger partial charge in [0.25, 0.3) is 0 Å². The van der Waals surface area contributed by atoms with Crippen LogP contribution in [0.3, 0.4) is 0 Å². The molecule has 1 N–H and O–H groups in total. The van der Waals surface area contributed by atoms with E-state index in [1.165, 1.54) is 44.9 Å². The Morgan fingerprint density at radius 2 is 1.93 bits per heavy atom. The van der Waals surface area contributed by atoms with Gasteiger partial charge in [-0.25, -0.2) is 0 Å². The number of ether oxygens (including phenoxy) is 1. The van der Waals surface area contributed by atoms with Gasteiger partial charge in [-0.1, -0.05) is 25.7 Å². The average molecular weight is 213 g/mol. The first-order valence-electron chi connectivity index (χ1n) is 6.46. The van der Waals surface area contributed by atoms with E-state index in [0.717, 1.165) is 5.92 Å². The summed E-state index contributed by atoms with van der Waals surface area (Å²) in [6.07, 6.45) is 10.0. The third-order valence-electron chi connectivity index (χ3n) is 3.82. The molecule has 0 aromatic heterocycles. The molecule has 1 rings (SSSR count). The molecule has 2 atom stereocenters. The zero-order chi connectivity index (χ0) is 11.1. The van der Waals surface area contributed by atoms with Crippen LogP contribution in [0.2, 0.25) is 0 Å². The highest BCUT2D eigenvalue weighted by Crippen LogP contribution is 2.29. The van der Waals surface area contributed by atoms with Crippen LogP contribution in [0.25, 0.3) is 0 Å². The Kier molecular flexibility index (Phi) is 6.26. The van der Waals surface area contributed by atoms with E-state index in [4.69, 9.17) is 4.74 Å². The summed E-state index contributed by atoms with van der Waals surface area (Å²) in [4.78, 5) is 0. The van der Waals surface area contributed by atoms with E-state index < -0.39 is 0 Å². The molecule has 0 aliphatic heterocycles. The smallest absolute Gasteiger partial charge is 0.0543 e. The number of rotatable bonds is 7. The van der Waals surface area contributed by atoms with E-state index in [1.807, 2.05) is 0 Å². The molecule has 15 heavy (non-hydrogen) atoms. The van der Waals surface area contributed by atoms with Crippen molar-refractivity contribution < 1.29 is 4.74 Å². The summed E-state index contributed by atoms with van der Waals surface area (Å²) in [7, 11) is 3.90. The minimum atomic E-state index is 0.407. The van der Waals surface area contributed by atoms with Gasteiger partial charge in [0, 0.05) is 13.2 Å². The Bertz CT molecular complexity index is 155. The van der Waals surface area contributed by atoms with Crippen molar-refractivity contribution in [3.63, 3.8) is 0 Å². The van der Waals surface area contributed by atoms with Gasteiger partial charge >= 0.3 is 0 Å². The van der Waals surface area contributed by atoms with Crippen LogP contribution >= 0.6 is 0 Å². The van der Waals surface area contributed by atoms with E-state index in [1.54, 1.807) is 7.11 Å². The largest absolute Gasteiger partial charge is 0.382 e. The first-order valence-corrected chi connectivity index (χ1v) is 6.46. The Labute approximate surface area is 94.8 Å². The van der Waals surface area contributed by atoms with Gasteiger partial charge in [0.2, 0.25) is 0 Å². The Hall–Kier alpha value is -0.0800. The van der Waals surface area contributed by atoms with Crippen molar-refractivity contribution in [1.82, 2.24) is 5.32 Å². The van der Waals surface area contributed by atoms with Crippen LogP contribution in [0.4, 0.5) is 0 Å². The maximum absolute atomic E-state index is 5.29. The molecule has 0 heterocycles. The monoisotopic (exact) mass is 213 g/mol. The fraction of sp³-hybridized carbons (Fsp3) is 1.00. The predicted octanol–water partition coefficient (Wildman–Crippen LogP) is 2.97. The third-order valence-corrected chi connectivity index (χ3v) is 3.82. The fourth-order valence-corrected chi connectivity index (χ4v) is 2.58. The van der Waals surface area contributed by atoms with Crippen LogP contribution in [0.5, 0.6) is 0 Å². The maximum atomic E-state index is 5.29. The third kappa shape index (κ3) is 4.98. The topological polar surface area (TPSA) is 21.3 Å². The Morgan fingerprint density at radius 3 is 2.47 bits per heavy atom. The molecule has 0 spiro atoms. The van der Waals surface area contributed by atoms with Crippen LogP contribution in [0, 0.1) is 5.92 Å². The quantitative estimate of drug-likeness (QED) is 0.702. The molecule has 1 fully saturated rings. The van der Waals surface area contributed by atoms with Gasteiger partial charge in [-0.3, -0.25) is 0 Å². The van der Waals surface area contributed by atoms with Gasteiger partial charge in [0.05, 0.1) is 6.10 Å². The minimum Gasteiger partial charge on any atom is -0.382 e. The first kappa shape index (κ1) is 13.0. The summed E-state index contributed by atoms with van der Waals surface area (Å²) >= 11 is 0. The molecule has 0 saturated heterocycles. The van der Waals surface area contributed by atoms with E-state index >= 15 is 0 Å². The molecule has 1 aliphatic rings. The Morgan fingerprint density at radius 1 is 1.27 bits per heavy atom. The molecule has 90 valence electrons. The lowest BCUT2D eigenvalue weighted by Gasteiger charge is -2.21. The van der Waals surface area contributed by atoms with Crippen LogP contribution in [-0.2, 0) is 4.74 Å². The molecule has 0 amide bonds. The lowest BCUT2D eigenvalue weighted by molar-refractivity contribution is 0.105. The van der Waals surface area contributed by atoms with Crippen molar-refractivity contribution in [3.8, 4) is 0 Å². The number of hydrogen-bond donors (Lipinski definition) is 1. The highest BCUT2D eigenvalue weighted by atomic mass is 16.5. The zero-order valence-corrected chi connectivity index (χ0v) is 10.6. The number of nitrogens with one attached hydrogen (secondary N) is 1. The fourth-order valence-electron chi connectivity index (χ4n) is 2.58. The van der Waals surface area contributed by atoms with Crippen molar-refractivity contribution >= 4 is 0 Å². The van der Waals surface area contributed by atoms with Crippen molar-refractivity contribution in [1.29, 1.82) is 0 Å². The van der Waals surface area contributed by atoms with Crippen LogP contribution in [0.15, 0.2) is 0 Å². The normalized spacial score (nSPS) is 21.8. The molecule has 0 bridgehead atoms. The van der Waals surface area contributed by atoms with Crippen molar-refractivity contribution in [2.75, 3.05) is 14.2 Å². The summed E-state index contributed by atoms with van der Waals surface area (Å²) in [5.41, 5.74) is 0. The van der Waals surface area contributed by atoms with E-state index in [2.05, 4.69) is 19.3 Å². The van der Waals surface area contributed by atoms with E-state index in [0.29, 0.717) is 12.1 Å². The molecule has 1 aliphatic carbocycles. The number of hydrogen-bond acceptors (Lipinski definition) is 2. The molecule has 0 radical (unpaired) electrons. The molecular formula is C13H27NO. The van der Waals surface area contributed by atoms with Crippen molar-refractivity contribution in [2.45, 2.75) is 64.0 Å². The second-order valence-electron chi connectivity index (χ2n) is 5.00. The van der Waals surface area contributed by atoms with Gasteiger partial charge < -0.3 is 10.1 Å². The number of methoxy groups -OCH3 is 1. The first-order chi connectivity index (χ1) is 7.26. The summed E-state index contributed by atoms with van der Waals surface area (Å²) in [6.45, 7) is 2.16. The lowest BCUT2D eigenvalue weighted by Crippen LogP contribution is -2.28. The van der Waals surface area contributed by atoms with Gasteiger partial charge in [-0.15, -0.1) is 0 Å². The van der Waals surface area contributed by atoms with Crippen LogP contribution < -0.4 is 5.32 Å². The molecule has 2 heteroatoms. The standard InChI is InChI=1S/C13H27NO/c1-11(15-3)8-9-13(14-2)10-12-6-4-5-7-12/h11-14H,4-10H2,1-3H3. The predicted molar refractivity (Wildman–Crippen MR) is 65.1 cm³/mol. The lowest BCUT2D eigenvalue weighted by atomic mass is 9.95. The molecule has 1 saturated carbocycles. The zero-order valence-electron chi connectivity index (χ0n) is 10.6. The molecule has 2 unspecified atom stereocenters. The minimum absolute atomic E-state index is 0.407. The van der Waals surface area contributed by atoms with E-state index in [9.17, 15) is 0 Å². The summed E-state index contributed by atoms with van der Waals surface area (Å²) in [5.74, 6) is 0.986. The molecule has 0 aromatic rings. The van der Waals surface area contributed by atoms with Crippen molar-refractivity contribution in [3.05, 3.63) is 0 Å². The van der Waals surface area contributed by atoms with Crippen molar-refractivity contribution in [2.24, 2.45) is 5.92 Å². The summed E-state index contributed by atoms with van der Waals surface area (Å²) in [5, 5.41) is 3.45. The summed E-state index contributed by atoms with van der Waals surface area (Å²) in [6, 6.07) is 0.700. The van der Waals surface area contributed by atoms with Crippen LogP contribution in [-0.4, -0.2) is 26.3 Å². The van der Waals surface area contributed by atoms with Gasteiger partial charge in [0.15, 0.2) is 0 Å².